The van der Waals surface area contributed by atoms with E-state index in [-0.39, 0.29) is 6.10 Å². The monoisotopic (exact) mass is 242 g/mol. The van der Waals surface area contributed by atoms with E-state index in [4.69, 9.17) is 4.74 Å². The first kappa shape index (κ1) is 11.4. The molecule has 1 aliphatic rings. The molecule has 0 saturated carbocycles. The van der Waals surface area contributed by atoms with Crippen molar-refractivity contribution in [2.45, 2.75) is 18.9 Å². The molecule has 0 aliphatic carbocycles. The Bertz CT molecular complexity index is 492. The van der Waals surface area contributed by atoms with Crippen molar-refractivity contribution in [3.05, 3.63) is 43.1 Å². The zero-order valence-electron chi connectivity index (χ0n) is 10.2. The molecule has 3 rings (SSSR count). The minimum atomic E-state index is 0.185. The van der Waals surface area contributed by atoms with Crippen molar-refractivity contribution in [3.63, 3.8) is 0 Å². The normalized spacial score (nSPS) is 24.1. The Morgan fingerprint density at radius 2 is 2.11 bits per heavy atom. The standard InChI is InChI=1S/C14H16N3O/c1-10-6-7-18-13(8-10)11-2-4-12(5-3-11)14-15-9-16-17-14/h2-5,9-10,13H,1,6-8H2,(H,15,16,17). The molecule has 0 amide bonds. The van der Waals surface area contributed by atoms with E-state index in [0.29, 0.717) is 5.92 Å². The summed E-state index contributed by atoms with van der Waals surface area (Å²) < 4.78 is 5.79. The van der Waals surface area contributed by atoms with Crippen LogP contribution in [0.2, 0.25) is 0 Å². The van der Waals surface area contributed by atoms with Crippen LogP contribution in [0.3, 0.4) is 0 Å². The van der Waals surface area contributed by atoms with Crippen molar-refractivity contribution >= 4 is 0 Å². The van der Waals surface area contributed by atoms with Crippen LogP contribution in [-0.4, -0.2) is 21.8 Å². The molecule has 2 unspecified atom stereocenters. The van der Waals surface area contributed by atoms with E-state index in [1.165, 1.54) is 5.56 Å². The van der Waals surface area contributed by atoms with Gasteiger partial charge in [-0.05, 0) is 31.2 Å². The average molecular weight is 242 g/mol. The van der Waals surface area contributed by atoms with Gasteiger partial charge >= 0.3 is 0 Å². The molecule has 2 atom stereocenters. The van der Waals surface area contributed by atoms with E-state index in [1.807, 2.05) is 12.1 Å². The number of benzene rings is 1. The average Bonchev–Trinajstić information content (AvgIpc) is 2.93. The summed E-state index contributed by atoms with van der Waals surface area (Å²) in [6, 6.07) is 8.29. The van der Waals surface area contributed by atoms with Gasteiger partial charge in [-0.3, -0.25) is 0 Å². The highest BCUT2D eigenvalue weighted by Crippen LogP contribution is 2.31. The van der Waals surface area contributed by atoms with E-state index in [9.17, 15) is 0 Å². The Hall–Kier alpha value is -1.68. The Morgan fingerprint density at radius 3 is 2.78 bits per heavy atom. The number of hydrogen-bond acceptors (Lipinski definition) is 3. The molecule has 0 bridgehead atoms. The van der Waals surface area contributed by atoms with Crippen molar-refractivity contribution in [2.24, 2.45) is 5.92 Å². The van der Waals surface area contributed by atoms with Gasteiger partial charge in [0.2, 0.25) is 0 Å². The second-order valence-electron chi connectivity index (χ2n) is 4.71. The number of hydrogen-bond donors (Lipinski definition) is 1. The molecule has 2 aromatic rings. The molecule has 1 fully saturated rings. The number of nitrogens with one attached hydrogen (secondary N) is 1. The molecule has 1 saturated heterocycles. The minimum Gasteiger partial charge on any atom is -0.374 e. The van der Waals surface area contributed by atoms with Crippen molar-refractivity contribution in [1.82, 2.24) is 15.2 Å². The summed E-state index contributed by atoms with van der Waals surface area (Å²) in [5.74, 6) is 1.29. The van der Waals surface area contributed by atoms with Crippen LogP contribution in [0, 0.1) is 12.8 Å². The van der Waals surface area contributed by atoms with Crippen molar-refractivity contribution in [2.75, 3.05) is 6.61 Å². The van der Waals surface area contributed by atoms with Gasteiger partial charge in [-0.15, -0.1) is 10.2 Å². The van der Waals surface area contributed by atoms with Gasteiger partial charge in [0.15, 0.2) is 5.82 Å². The molecule has 18 heavy (non-hydrogen) atoms. The quantitative estimate of drug-likeness (QED) is 0.881. The van der Waals surface area contributed by atoms with Crippen LogP contribution in [0.4, 0.5) is 0 Å². The van der Waals surface area contributed by atoms with Crippen LogP contribution in [0.1, 0.15) is 24.5 Å². The molecule has 93 valence electrons. The summed E-state index contributed by atoms with van der Waals surface area (Å²) in [6.07, 6.45) is 3.83. The highest BCUT2D eigenvalue weighted by Gasteiger charge is 2.20. The third-order valence-electron chi connectivity index (χ3n) is 3.37. The lowest BCUT2D eigenvalue weighted by Crippen LogP contribution is -2.17. The third-order valence-corrected chi connectivity index (χ3v) is 3.37. The predicted octanol–water partition coefficient (Wildman–Crippen LogP) is 2.77. The van der Waals surface area contributed by atoms with Crippen LogP contribution in [0.15, 0.2) is 30.6 Å². The third kappa shape index (κ3) is 2.29. The molecular formula is C14H16N3O. The van der Waals surface area contributed by atoms with Crippen LogP contribution >= 0.6 is 0 Å². The molecule has 1 N–H and O–H groups in total. The van der Waals surface area contributed by atoms with Gasteiger partial charge in [0.25, 0.3) is 0 Å². The highest BCUT2D eigenvalue weighted by atomic mass is 16.5. The Kier molecular flexibility index (Phi) is 3.11. The van der Waals surface area contributed by atoms with Gasteiger partial charge < -0.3 is 9.72 Å². The van der Waals surface area contributed by atoms with Crippen LogP contribution in [-0.2, 0) is 4.74 Å². The summed E-state index contributed by atoms with van der Waals surface area (Å²) in [7, 11) is 0. The summed E-state index contributed by atoms with van der Waals surface area (Å²) in [5.41, 5.74) is 2.25. The lowest BCUT2D eigenvalue weighted by atomic mass is 9.93. The zero-order valence-corrected chi connectivity index (χ0v) is 10.2. The van der Waals surface area contributed by atoms with E-state index in [1.54, 1.807) is 6.33 Å². The van der Waals surface area contributed by atoms with Gasteiger partial charge in [-0.2, -0.15) is 0 Å². The van der Waals surface area contributed by atoms with Crippen molar-refractivity contribution in [3.8, 4) is 11.4 Å². The van der Waals surface area contributed by atoms with Crippen molar-refractivity contribution in [1.29, 1.82) is 0 Å². The fourth-order valence-corrected chi connectivity index (χ4v) is 2.30. The molecule has 1 radical (unpaired) electrons. The number of rotatable bonds is 2. The van der Waals surface area contributed by atoms with Gasteiger partial charge in [-0.1, -0.05) is 24.3 Å². The predicted molar refractivity (Wildman–Crippen MR) is 68.6 cm³/mol. The molecule has 2 heterocycles. The molecule has 0 spiro atoms. The maximum absolute atomic E-state index is 5.79. The van der Waals surface area contributed by atoms with Gasteiger partial charge in [0.05, 0.1) is 6.10 Å². The Labute approximate surface area is 106 Å². The van der Waals surface area contributed by atoms with Crippen molar-refractivity contribution < 1.29 is 4.74 Å². The largest absolute Gasteiger partial charge is 0.374 e. The maximum Gasteiger partial charge on any atom is 0.161 e. The first-order valence-electron chi connectivity index (χ1n) is 6.24. The lowest BCUT2D eigenvalue weighted by molar-refractivity contribution is -0.00122. The smallest absolute Gasteiger partial charge is 0.161 e. The second kappa shape index (κ2) is 4.90. The minimum absolute atomic E-state index is 0.185. The summed E-state index contributed by atoms with van der Waals surface area (Å²) in [4.78, 5) is 3.00. The number of ether oxygens (including phenoxy) is 1. The summed E-state index contributed by atoms with van der Waals surface area (Å²) in [5, 5.41) is 7.78. The van der Waals surface area contributed by atoms with Crippen LogP contribution in [0.25, 0.3) is 11.4 Å². The molecule has 1 aromatic carbocycles. The van der Waals surface area contributed by atoms with Gasteiger partial charge in [0, 0.05) is 12.2 Å². The number of H-pyrrole nitrogens is 1. The Morgan fingerprint density at radius 1 is 1.28 bits per heavy atom. The lowest BCUT2D eigenvalue weighted by Gasteiger charge is -2.27. The maximum atomic E-state index is 5.79. The molecule has 4 heteroatoms. The SMILES string of the molecule is [CH2]C1CCOC(c2ccc(-c3nnc[nH]3)cc2)C1. The second-order valence-corrected chi connectivity index (χ2v) is 4.71. The number of nitrogens with zero attached hydrogens (tertiary/aromatic N) is 2. The topological polar surface area (TPSA) is 50.8 Å². The first-order valence-corrected chi connectivity index (χ1v) is 6.24. The van der Waals surface area contributed by atoms with E-state index >= 15 is 0 Å². The van der Waals surface area contributed by atoms with Gasteiger partial charge in [-0.25, -0.2) is 0 Å². The molecule has 1 aliphatic heterocycles. The fraction of sp³-hybridized carbons (Fsp3) is 0.357. The molecule has 4 nitrogen and oxygen atoms in total. The zero-order chi connectivity index (χ0) is 12.4. The van der Waals surface area contributed by atoms with Gasteiger partial charge in [0.1, 0.15) is 6.33 Å². The Balaban J connectivity index is 1.78. The van der Waals surface area contributed by atoms with Crippen LogP contribution in [0.5, 0.6) is 0 Å². The first-order chi connectivity index (χ1) is 8.83. The fourth-order valence-electron chi connectivity index (χ4n) is 2.30. The van der Waals surface area contributed by atoms with E-state index in [0.717, 1.165) is 30.8 Å². The number of aromatic amines is 1. The highest BCUT2D eigenvalue weighted by molar-refractivity contribution is 5.54. The van der Waals surface area contributed by atoms with Crippen LogP contribution < -0.4 is 0 Å². The number of aromatic nitrogens is 3. The molecular weight excluding hydrogens is 226 g/mol. The summed E-state index contributed by atoms with van der Waals surface area (Å²) >= 11 is 0. The molecule has 1 aromatic heterocycles. The van der Waals surface area contributed by atoms with E-state index < -0.39 is 0 Å². The van der Waals surface area contributed by atoms with E-state index in [2.05, 4.69) is 34.2 Å². The summed E-state index contributed by atoms with van der Waals surface area (Å²) in [6.45, 7) is 4.94.